The molecule has 1 N–H and O–H groups in total. The fourth-order valence-electron chi connectivity index (χ4n) is 2.00. The molecular weight excluding hydrogens is 278 g/mol. The number of carbonyl (C=O) groups excluding carboxylic acids is 1. The largest absolute Gasteiger partial charge is 0.497 e. The Morgan fingerprint density at radius 1 is 1.09 bits per heavy atom. The fourth-order valence-corrected chi connectivity index (χ4v) is 2.00. The van der Waals surface area contributed by atoms with E-state index in [1.165, 1.54) is 0 Å². The van der Waals surface area contributed by atoms with Crippen molar-refractivity contribution in [2.24, 2.45) is 0 Å². The highest BCUT2D eigenvalue weighted by atomic mass is 16.5. The normalized spacial score (nSPS) is 11.6. The van der Waals surface area contributed by atoms with Crippen LogP contribution in [0.1, 0.15) is 18.1 Å². The van der Waals surface area contributed by atoms with Crippen LogP contribution >= 0.6 is 0 Å². The maximum atomic E-state index is 12.2. The molecule has 0 heterocycles. The topological polar surface area (TPSA) is 47.6 Å². The lowest BCUT2D eigenvalue weighted by molar-refractivity contribution is -0.122. The van der Waals surface area contributed by atoms with Gasteiger partial charge < -0.3 is 14.8 Å². The average molecular weight is 299 g/mol. The second-order valence-corrected chi connectivity index (χ2v) is 5.25. The summed E-state index contributed by atoms with van der Waals surface area (Å²) < 4.78 is 10.9. The highest BCUT2D eigenvalue weighted by Crippen LogP contribution is 2.21. The first kappa shape index (κ1) is 15.9. The van der Waals surface area contributed by atoms with Crippen LogP contribution in [0, 0.1) is 13.8 Å². The number of amides is 1. The second-order valence-electron chi connectivity index (χ2n) is 5.25. The van der Waals surface area contributed by atoms with Crippen molar-refractivity contribution in [2.75, 3.05) is 12.4 Å². The van der Waals surface area contributed by atoms with Crippen molar-refractivity contribution >= 4 is 11.6 Å². The van der Waals surface area contributed by atoms with Crippen LogP contribution in [0.3, 0.4) is 0 Å². The van der Waals surface area contributed by atoms with E-state index in [1.54, 1.807) is 38.3 Å². The fraction of sp³-hybridized carbons (Fsp3) is 0.278. The van der Waals surface area contributed by atoms with Crippen molar-refractivity contribution in [3.05, 3.63) is 53.6 Å². The van der Waals surface area contributed by atoms with Crippen LogP contribution in [0.4, 0.5) is 5.69 Å². The van der Waals surface area contributed by atoms with E-state index in [4.69, 9.17) is 9.47 Å². The van der Waals surface area contributed by atoms with Gasteiger partial charge in [-0.1, -0.05) is 12.1 Å². The Morgan fingerprint density at radius 3 is 2.41 bits per heavy atom. The van der Waals surface area contributed by atoms with Crippen molar-refractivity contribution < 1.29 is 14.3 Å². The minimum atomic E-state index is -0.581. The first-order chi connectivity index (χ1) is 10.5. The molecule has 2 rings (SSSR count). The van der Waals surface area contributed by atoms with E-state index < -0.39 is 6.10 Å². The zero-order chi connectivity index (χ0) is 16.1. The van der Waals surface area contributed by atoms with Gasteiger partial charge in [-0.2, -0.15) is 0 Å². The number of ether oxygens (including phenoxy) is 2. The smallest absolute Gasteiger partial charge is 0.265 e. The summed E-state index contributed by atoms with van der Waals surface area (Å²) in [5, 5.41) is 2.83. The van der Waals surface area contributed by atoms with E-state index in [2.05, 4.69) is 5.32 Å². The lowest BCUT2D eigenvalue weighted by Crippen LogP contribution is -2.30. The third kappa shape index (κ3) is 4.01. The predicted octanol–water partition coefficient (Wildman–Crippen LogP) is 3.72. The van der Waals surface area contributed by atoms with Gasteiger partial charge in [0.1, 0.15) is 11.5 Å². The van der Waals surface area contributed by atoms with Crippen molar-refractivity contribution in [1.29, 1.82) is 0 Å². The molecule has 22 heavy (non-hydrogen) atoms. The summed E-state index contributed by atoms with van der Waals surface area (Å²) in [5.41, 5.74) is 2.82. The van der Waals surface area contributed by atoms with Crippen LogP contribution in [0.5, 0.6) is 11.5 Å². The number of rotatable bonds is 5. The SMILES string of the molecule is COc1ccc(NC(=O)[C@H](C)Oc2cc(C)ccc2C)cc1. The zero-order valence-corrected chi connectivity index (χ0v) is 13.3. The van der Waals surface area contributed by atoms with Crippen LogP contribution in [0.25, 0.3) is 0 Å². The van der Waals surface area contributed by atoms with Crippen LogP contribution < -0.4 is 14.8 Å². The number of carbonyl (C=O) groups is 1. The summed E-state index contributed by atoms with van der Waals surface area (Å²) in [7, 11) is 1.60. The predicted molar refractivity (Wildman–Crippen MR) is 87.6 cm³/mol. The average Bonchev–Trinajstić information content (AvgIpc) is 2.51. The molecule has 0 radical (unpaired) electrons. The minimum Gasteiger partial charge on any atom is -0.497 e. The number of hydrogen-bond acceptors (Lipinski definition) is 3. The molecule has 0 fully saturated rings. The second kappa shape index (κ2) is 6.98. The molecule has 1 atom stereocenters. The highest BCUT2D eigenvalue weighted by molar-refractivity contribution is 5.94. The molecule has 2 aromatic rings. The quantitative estimate of drug-likeness (QED) is 0.915. The van der Waals surface area contributed by atoms with Crippen molar-refractivity contribution in [1.82, 2.24) is 0 Å². The van der Waals surface area contributed by atoms with Gasteiger partial charge in [0.25, 0.3) is 5.91 Å². The first-order valence-corrected chi connectivity index (χ1v) is 7.18. The first-order valence-electron chi connectivity index (χ1n) is 7.18. The summed E-state index contributed by atoms with van der Waals surface area (Å²) >= 11 is 0. The lowest BCUT2D eigenvalue weighted by atomic mass is 10.1. The van der Waals surface area contributed by atoms with Gasteiger partial charge in [0.2, 0.25) is 0 Å². The summed E-state index contributed by atoms with van der Waals surface area (Å²) in [6, 6.07) is 13.1. The molecule has 0 aliphatic carbocycles. The molecule has 0 aromatic heterocycles. The van der Waals surface area contributed by atoms with E-state index in [9.17, 15) is 4.79 Å². The van der Waals surface area contributed by atoms with E-state index >= 15 is 0 Å². The summed E-state index contributed by atoms with van der Waals surface area (Å²) in [6.45, 7) is 5.69. The summed E-state index contributed by atoms with van der Waals surface area (Å²) in [4.78, 5) is 12.2. The number of methoxy groups -OCH3 is 1. The summed E-state index contributed by atoms with van der Waals surface area (Å²) in [6.07, 6.45) is -0.581. The number of hydrogen-bond donors (Lipinski definition) is 1. The van der Waals surface area contributed by atoms with Crippen molar-refractivity contribution in [2.45, 2.75) is 26.9 Å². The van der Waals surface area contributed by atoms with E-state index in [0.717, 1.165) is 22.6 Å². The Hall–Kier alpha value is -2.49. The molecule has 2 aromatic carbocycles. The maximum Gasteiger partial charge on any atom is 0.265 e. The molecule has 0 aliphatic rings. The summed E-state index contributed by atoms with van der Waals surface area (Å²) in [5.74, 6) is 1.29. The van der Waals surface area contributed by atoms with Crippen LogP contribution in [-0.4, -0.2) is 19.1 Å². The maximum absolute atomic E-state index is 12.2. The molecule has 0 saturated carbocycles. The molecule has 0 saturated heterocycles. The van der Waals surface area contributed by atoms with E-state index in [1.807, 2.05) is 32.0 Å². The van der Waals surface area contributed by atoms with E-state index in [0.29, 0.717) is 5.69 Å². The van der Waals surface area contributed by atoms with Crippen LogP contribution in [-0.2, 0) is 4.79 Å². The molecule has 1 amide bonds. The molecule has 4 nitrogen and oxygen atoms in total. The number of aryl methyl sites for hydroxylation is 2. The lowest BCUT2D eigenvalue weighted by Gasteiger charge is -2.17. The van der Waals surface area contributed by atoms with Gasteiger partial charge in [0.05, 0.1) is 7.11 Å². The van der Waals surface area contributed by atoms with Gasteiger partial charge in [0, 0.05) is 5.69 Å². The molecule has 4 heteroatoms. The van der Waals surface area contributed by atoms with Gasteiger partial charge in [-0.15, -0.1) is 0 Å². The van der Waals surface area contributed by atoms with Gasteiger partial charge in [-0.3, -0.25) is 4.79 Å². The Morgan fingerprint density at radius 2 is 1.77 bits per heavy atom. The number of nitrogens with one attached hydrogen (secondary N) is 1. The minimum absolute atomic E-state index is 0.189. The van der Waals surface area contributed by atoms with Gasteiger partial charge in [-0.25, -0.2) is 0 Å². The van der Waals surface area contributed by atoms with Crippen LogP contribution in [0.2, 0.25) is 0 Å². The van der Waals surface area contributed by atoms with Gasteiger partial charge >= 0.3 is 0 Å². The third-order valence-corrected chi connectivity index (χ3v) is 3.37. The molecule has 116 valence electrons. The monoisotopic (exact) mass is 299 g/mol. The Kier molecular flexibility index (Phi) is 5.04. The van der Waals surface area contributed by atoms with Crippen molar-refractivity contribution in [3.63, 3.8) is 0 Å². The van der Waals surface area contributed by atoms with Gasteiger partial charge in [0.15, 0.2) is 6.10 Å². The Labute approximate surface area is 131 Å². The molecule has 0 aliphatic heterocycles. The Balaban J connectivity index is 2.00. The Bertz CT molecular complexity index is 650. The van der Waals surface area contributed by atoms with Crippen LogP contribution in [0.15, 0.2) is 42.5 Å². The highest BCUT2D eigenvalue weighted by Gasteiger charge is 2.16. The zero-order valence-electron chi connectivity index (χ0n) is 13.3. The molecule has 0 unspecified atom stereocenters. The molecular formula is C18H21NO3. The molecule has 0 bridgehead atoms. The van der Waals surface area contributed by atoms with Crippen molar-refractivity contribution in [3.8, 4) is 11.5 Å². The molecule has 0 spiro atoms. The van der Waals surface area contributed by atoms with E-state index in [-0.39, 0.29) is 5.91 Å². The third-order valence-electron chi connectivity index (χ3n) is 3.37. The van der Waals surface area contributed by atoms with Gasteiger partial charge in [-0.05, 0) is 62.2 Å². The number of anilines is 1. The standard InChI is InChI=1S/C18H21NO3/c1-12-5-6-13(2)17(11-12)22-14(3)18(20)19-15-7-9-16(21-4)10-8-15/h5-11,14H,1-4H3,(H,19,20)/t14-/m0/s1. The number of benzene rings is 2.